The van der Waals surface area contributed by atoms with Crippen molar-refractivity contribution in [2.45, 2.75) is 51.5 Å². The summed E-state index contributed by atoms with van der Waals surface area (Å²) in [6, 6.07) is 9.88. The molecule has 0 bridgehead atoms. The van der Waals surface area contributed by atoms with Crippen LogP contribution >= 0.6 is 0 Å². The summed E-state index contributed by atoms with van der Waals surface area (Å²) in [4.78, 5) is 44.6. The number of benzene rings is 1. The minimum absolute atomic E-state index is 0.00682. The molecular weight excluding hydrogens is 354 g/mol. The third-order valence-corrected chi connectivity index (χ3v) is 5.55. The first-order valence-corrected chi connectivity index (χ1v) is 9.83. The van der Waals surface area contributed by atoms with E-state index in [-0.39, 0.29) is 11.7 Å². The number of carbonyl (C=O) groups excluding carboxylic acids is 1. The summed E-state index contributed by atoms with van der Waals surface area (Å²) in [7, 11) is 0. The number of Topliss-reactive ketones (excluding diaryl/α,β-unsaturated/α-hetero) is 1. The minimum Gasteiger partial charge on any atom is -0.294 e. The van der Waals surface area contributed by atoms with Crippen molar-refractivity contribution in [3.63, 3.8) is 0 Å². The Morgan fingerprint density at radius 3 is 2.64 bits per heavy atom. The molecule has 1 atom stereocenters. The Morgan fingerprint density at radius 2 is 1.89 bits per heavy atom. The molecule has 3 aromatic rings. The van der Waals surface area contributed by atoms with Gasteiger partial charge in [-0.3, -0.25) is 19.1 Å². The van der Waals surface area contributed by atoms with Gasteiger partial charge in [0.1, 0.15) is 5.65 Å². The van der Waals surface area contributed by atoms with Crippen molar-refractivity contribution in [2.75, 3.05) is 0 Å². The summed E-state index contributed by atoms with van der Waals surface area (Å²) < 4.78 is 1.53. The van der Waals surface area contributed by atoms with Crippen LogP contribution in [0.2, 0.25) is 0 Å². The summed E-state index contributed by atoms with van der Waals surface area (Å²) in [5, 5.41) is 0.377. The molecule has 0 saturated carbocycles. The predicted molar refractivity (Wildman–Crippen MR) is 108 cm³/mol. The first kappa shape index (κ1) is 18.3. The van der Waals surface area contributed by atoms with Crippen LogP contribution < -0.4 is 11.2 Å². The number of aryl methyl sites for hydroxylation is 1. The molecule has 0 spiro atoms. The van der Waals surface area contributed by atoms with E-state index < -0.39 is 11.2 Å². The van der Waals surface area contributed by atoms with Crippen LogP contribution in [0.15, 0.2) is 46.1 Å². The zero-order valence-electron chi connectivity index (χ0n) is 15.9. The molecule has 144 valence electrons. The average molecular weight is 377 g/mol. The number of aromatic amines is 1. The monoisotopic (exact) mass is 377 g/mol. The van der Waals surface area contributed by atoms with Crippen LogP contribution in [0.5, 0.6) is 0 Å². The minimum atomic E-state index is -0.461. The number of ketones is 1. The van der Waals surface area contributed by atoms with Gasteiger partial charge in [-0.25, -0.2) is 9.78 Å². The Labute approximate surface area is 162 Å². The number of unbranched alkanes of at least 4 members (excludes halogenated alkanes) is 2. The largest absolute Gasteiger partial charge is 0.329 e. The molecule has 0 aliphatic heterocycles. The molecule has 1 aliphatic carbocycles. The van der Waals surface area contributed by atoms with Crippen LogP contribution in [0, 0.1) is 0 Å². The third-order valence-electron chi connectivity index (χ3n) is 5.55. The SMILES string of the molecule is CCCCCn1c(=O)[nH]c(=O)c2c3c(cnc21)C(=O)CC(c1ccccc1)C3. The van der Waals surface area contributed by atoms with Gasteiger partial charge in [-0.1, -0.05) is 50.1 Å². The number of H-pyrrole nitrogens is 1. The van der Waals surface area contributed by atoms with Gasteiger partial charge in [0, 0.05) is 24.7 Å². The van der Waals surface area contributed by atoms with Gasteiger partial charge in [0.05, 0.1) is 5.39 Å². The number of pyridine rings is 1. The predicted octanol–water partition coefficient (Wildman–Crippen LogP) is 3.19. The highest BCUT2D eigenvalue weighted by Crippen LogP contribution is 2.34. The number of carbonyl (C=O) groups is 1. The van der Waals surface area contributed by atoms with E-state index in [9.17, 15) is 14.4 Å². The molecule has 6 heteroatoms. The molecule has 0 amide bonds. The molecule has 2 heterocycles. The van der Waals surface area contributed by atoms with E-state index in [0.717, 1.165) is 24.8 Å². The second kappa shape index (κ2) is 7.54. The first-order valence-electron chi connectivity index (χ1n) is 9.83. The van der Waals surface area contributed by atoms with Crippen LogP contribution in [0.25, 0.3) is 11.0 Å². The van der Waals surface area contributed by atoms with Gasteiger partial charge in [0.15, 0.2) is 5.78 Å². The Bertz CT molecular complexity index is 1150. The average Bonchev–Trinajstić information content (AvgIpc) is 2.70. The van der Waals surface area contributed by atoms with Crippen LogP contribution in [0.3, 0.4) is 0 Å². The lowest BCUT2D eigenvalue weighted by atomic mass is 9.79. The van der Waals surface area contributed by atoms with Crippen molar-refractivity contribution >= 4 is 16.8 Å². The molecular formula is C22H23N3O3. The quantitative estimate of drug-likeness (QED) is 0.692. The van der Waals surface area contributed by atoms with E-state index in [1.54, 1.807) is 0 Å². The maximum absolute atomic E-state index is 12.8. The maximum atomic E-state index is 12.8. The first-order chi connectivity index (χ1) is 13.6. The fourth-order valence-corrected chi connectivity index (χ4v) is 4.10. The normalized spacial score (nSPS) is 16.3. The van der Waals surface area contributed by atoms with Gasteiger partial charge in [-0.2, -0.15) is 0 Å². The molecule has 0 radical (unpaired) electrons. The van der Waals surface area contributed by atoms with E-state index in [1.165, 1.54) is 10.8 Å². The van der Waals surface area contributed by atoms with E-state index in [1.807, 2.05) is 30.3 Å². The van der Waals surface area contributed by atoms with Gasteiger partial charge >= 0.3 is 5.69 Å². The number of aromatic nitrogens is 3. The van der Waals surface area contributed by atoms with E-state index in [4.69, 9.17) is 0 Å². The zero-order valence-corrected chi connectivity index (χ0v) is 15.9. The molecule has 6 nitrogen and oxygen atoms in total. The number of nitrogens with one attached hydrogen (secondary N) is 1. The lowest BCUT2D eigenvalue weighted by molar-refractivity contribution is 0.0964. The summed E-state index contributed by atoms with van der Waals surface area (Å²) in [5.41, 5.74) is 1.77. The Morgan fingerprint density at radius 1 is 1.11 bits per heavy atom. The van der Waals surface area contributed by atoms with Crippen LogP contribution in [-0.2, 0) is 13.0 Å². The highest BCUT2D eigenvalue weighted by atomic mass is 16.2. The van der Waals surface area contributed by atoms with Crippen molar-refractivity contribution < 1.29 is 4.79 Å². The van der Waals surface area contributed by atoms with Crippen LogP contribution in [0.1, 0.15) is 60.0 Å². The molecule has 0 fully saturated rings. The molecule has 0 saturated heterocycles. The van der Waals surface area contributed by atoms with Crippen molar-refractivity contribution in [1.82, 2.24) is 14.5 Å². The van der Waals surface area contributed by atoms with Crippen molar-refractivity contribution in [3.8, 4) is 0 Å². The molecule has 4 rings (SSSR count). The number of rotatable bonds is 5. The maximum Gasteiger partial charge on any atom is 0.329 e. The van der Waals surface area contributed by atoms with Gasteiger partial charge in [-0.15, -0.1) is 0 Å². The second-order valence-electron chi connectivity index (χ2n) is 7.41. The molecule has 1 unspecified atom stereocenters. The van der Waals surface area contributed by atoms with E-state index >= 15 is 0 Å². The molecule has 1 aliphatic rings. The van der Waals surface area contributed by atoms with Gasteiger partial charge in [0.2, 0.25) is 0 Å². The highest BCUT2D eigenvalue weighted by molar-refractivity contribution is 6.02. The topological polar surface area (TPSA) is 84.8 Å². The summed E-state index contributed by atoms with van der Waals surface area (Å²) in [6.07, 6.45) is 5.38. The number of hydrogen-bond acceptors (Lipinski definition) is 4. The third kappa shape index (κ3) is 3.19. The lowest BCUT2D eigenvalue weighted by Gasteiger charge is -2.25. The number of fused-ring (bicyclic) bond motifs is 3. The van der Waals surface area contributed by atoms with Gasteiger partial charge in [-0.05, 0) is 29.9 Å². The zero-order chi connectivity index (χ0) is 19.7. The fourth-order valence-electron chi connectivity index (χ4n) is 4.10. The standard InChI is InChI=1S/C22H23N3O3/c1-2-3-7-10-25-20-19(21(27)24-22(25)28)16-11-15(14-8-5-4-6-9-14)12-18(26)17(16)13-23-20/h4-6,8-9,13,15H,2-3,7,10-12H2,1H3,(H,24,27,28). The fraction of sp³-hybridized carbons (Fsp3) is 0.364. The molecule has 2 aromatic heterocycles. The Kier molecular flexibility index (Phi) is 4.94. The highest BCUT2D eigenvalue weighted by Gasteiger charge is 2.29. The van der Waals surface area contributed by atoms with E-state index in [2.05, 4.69) is 16.9 Å². The smallest absolute Gasteiger partial charge is 0.294 e. The summed E-state index contributed by atoms with van der Waals surface area (Å²) >= 11 is 0. The van der Waals surface area contributed by atoms with Crippen molar-refractivity contribution in [2.24, 2.45) is 0 Å². The number of hydrogen-bond donors (Lipinski definition) is 1. The van der Waals surface area contributed by atoms with Gasteiger partial charge < -0.3 is 0 Å². The Balaban J connectivity index is 1.87. The number of nitrogens with zero attached hydrogens (tertiary/aromatic N) is 2. The molecule has 1 N–H and O–H groups in total. The second-order valence-corrected chi connectivity index (χ2v) is 7.41. The summed E-state index contributed by atoms with van der Waals surface area (Å²) in [5.74, 6) is 0.0132. The van der Waals surface area contributed by atoms with Crippen molar-refractivity contribution in [1.29, 1.82) is 0 Å². The van der Waals surface area contributed by atoms with Crippen LogP contribution in [-0.4, -0.2) is 20.3 Å². The van der Waals surface area contributed by atoms with Crippen molar-refractivity contribution in [3.05, 3.63) is 74.1 Å². The molecule has 1 aromatic carbocycles. The van der Waals surface area contributed by atoms with Crippen LogP contribution in [0.4, 0.5) is 0 Å². The lowest BCUT2D eigenvalue weighted by Crippen LogP contribution is -2.33. The molecule has 28 heavy (non-hydrogen) atoms. The van der Waals surface area contributed by atoms with Gasteiger partial charge in [0.25, 0.3) is 5.56 Å². The Hall–Kier alpha value is -3.02. The summed E-state index contributed by atoms with van der Waals surface area (Å²) in [6.45, 7) is 2.60. The van der Waals surface area contributed by atoms with E-state index in [0.29, 0.717) is 41.5 Å².